The largest absolute Gasteiger partial charge is 0.451 e. The van der Waals surface area contributed by atoms with Gasteiger partial charge in [0, 0.05) is 43.6 Å². The average molecular weight is 384 g/mol. The summed E-state index contributed by atoms with van der Waals surface area (Å²) in [5.74, 6) is -2.96. The molecule has 1 heterocycles. The van der Waals surface area contributed by atoms with E-state index in [1.54, 1.807) is 6.92 Å². The summed E-state index contributed by atoms with van der Waals surface area (Å²) in [7, 11) is -5.27. The van der Waals surface area contributed by atoms with Crippen LogP contribution in [0.25, 0.3) is 0 Å². The number of halogens is 2. The Morgan fingerprint density at radius 2 is 1.92 bits per heavy atom. The lowest BCUT2D eigenvalue weighted by molar-refractivity contribution is -0.119. The summed E-state index contributed by atoms with van der Waals surface area (Å²) in [5.41, 5.74) is 9.99. The number of nitrogens with one attached hydrogen (secondary N) is 1. The van der Waals surface area contributed by atoms with E-state index >= 15 is 0 Å². The van der Waals surface area contributed by atoms with Crippen molar-refractivity contribution in [2.75, 3.05) is 19.6 Å². The third kappa shape index (κ3) is 5.31. The molecule has 2 rings (SSSR count). The second-order valence-electron chi connectivity index (χ2n) is 7.80. The summed E-state index contributed by atoms with van der Waals surface area (Å²) in [5, 5.41) is 17.8. The highest BCUT2D eigenvalue weighted by atomic mass is 32.2. The molecule has 0 aromatic heterocycles. The van der Waals surface area contributed by atoms with Crippen molar-refractivity contribution in [3.8, 4) is 0 Å². The van der Waals surface area contributed by atoms with Crippen molar-refractivity contribution in [2.45, 2.75) is 55.9 Å². The molecule has 1 unspecified atom stereocenters. The van der Waals surface area contributed by atoms with Crippen LogP contribution in [0.1, 0.15) is 32.6 Å². The lowest BCUT2D eigenvalue weighted by Gasteiger charge is -2.44. The zero-order chi connectivity index (χ0) is 19.1. The monoisotopic (exact) mass is 384 g/mol. The van der Waals surface area contributed by atoms with E-state index in [4.69, 9.17) is 21.5 Å². The summed E-state index contributed by atoms with van der Waals surface area (Å²) in [6.07, 6.45) is 0.190. The number of nitrogens with two attached hydrogens (primary N) is 2. The molecule has 146 valence electrons. The van der Waals surface area contributed by atoms with E-state index in [1.807, 2.05) is 0 Å². The van der Waals surface area contributed by atoms with Crippen molar-refractivity contribution >= 4 is 17.3 Å². The Labute approximate surface area is 147 Å². The average Bonchev–Trinajstić information content (AvgIpc) is 2.70. The Morgan fingerprint density at radius 1 is 1.32 bits per heavy atom. The van der Waals surface area contributed by atoms with E-state index in [-0.39, 0.29) is 31.9 Å². The molecule has 1 aliphatic heterocycles. The van der Waals surface area contributed by atoms with Gasteiger partial charge in [0.1, 0.15) is 0 Å². The molecular weight excluding hydrogens is 357 g/mol. The summed E-state index contributed by atoms with van der Waals surface area (Å²) >= 11 is 0. The highest BCUT2D eigenvalue weighted by Gasteiger charge is 2.55. The molecule has 12 heteroatoms. The first-order valence-corrected chi connectivity index (χ1v) is 9.75. The fraction of sp³-hybridized carbons (Fsp3) is 1.00. The molecule has 8 nitrogen and oxygen atoms in total. The van der Waals surface area contributed by atoms with E-state index in [0.717, 1.165) is 0 Å². The molecule has 1 aliphatic carbocycles. The topological polar surface area (TPSA) is 142 Å². The Balaban J connectivity index is 1.89. The molecule has 2 fully saturated rings. The molecule has 25 heavy (non-hydrogen) atoms. The number of hydrogen-bond acceptors (Lipinski definition) is 6. The number of alkyl halides is 2. The minimum atomic E-state index is -3.87. The van der Waals surface area contributed by atoms with Crippen molar-refractivity contribution in [1.29, 1.82) is 0 Å². The smallest absolute Gasteiger partial charge is 0.427 e. The molecule has 0 aromatic rings. The van der Waals surface area contributed by atoms with Crippen LogP contribution in [0.3, 0.4) is 0 Å². The maximum absolute atomic E-state index is 13.0. The van der Waals surface area contributed by atoms with E-state index in [1.165, 1.54) is 4.31 Å². The summed E-state index contributed by atoms with van der Waals surface area (Å²) in [6.45, 7) is 1.80. The highest BCUT2D eigenvalue weighted by Crippen LogP contribution is 2.43. The SMILES string of the molecule is CC1(N)CN(S(=O)(=O)NCC2(N)CC(F)(F)C2)C[C@@H]1CCCB(O)O. The molecule has 1 saturated heterocycles. The van der Waals surface area contributed by atoms with Crippen LogP contribution in [0.15, 0.2) is 0 Å². The molecule has 0 spiro atoms. The number of nitrogens with zero attached hydrogens (tertiary/aromatic N) is 1. The molecule has 2 atom stereocenters. The molecule has 1 saturated carbocycles. The number of rotatable bonds is 8. The van der Waals surface area contributed by atoms with Gasteiger partial charge in [0.05, 0.1) is 0 Å². The zero-order valence-electron chi connectivity index (χ0n) is 14.3. The van der Waals surface area contributed by atoms with Crippen LogP contribution in [-0.4, -0.2) is 66.5 Å². The van der Waals surface area contributed by atoms with Crippen molar-refractivity contribution in [1.82, 2.24) is 9.03 Å². The third-order valence-corrected chi connectivity index (χ3v) is 6.52. The van der Waals surface area contributed by atoms with Gasteiger partial charge in [-0.15, -0.1) is 0 Å². The molecule has 0 amide bonds. The quantitative estimate of drug-likeness (QED) is 0.335. The third-order valence-electron chi connectivity index (χ3n) is 5.06. The highest BCUT2D eigenvalue weighted by molar-refractivity contribution is 7.87. The van der Waals surface area contributed by atoms with Crippen LogP contribution in [-0.2, 0) is 10.2 Å². The zero-order valence-corrected chi connectivity index (χ0v) is 15.1. The van der Waals surface area contributed by atoms with Gasteiger partial charge in [-0.2, -0.15) is 12.7 Å². The first kappa shape index (κ1) is 20.9. The summed E-state index contributed by atoms with van der Waals surface area (Å²) in [4.78, 5) is 0. The molecule has 7 N–H and O–H groups in total. The molecular formula is C13H27BF2N4O4S. The lowest BCUT2D eigenvalue weighted by Crippen LogP contribution is -2.64. The maximum Gasteiger partial charge on any atom is 0.451 e. The van der Waals surface area contributed by atoms with Crippen LogP contribution in [0.4, 0.5) is 8.78 Å². The summed E-state index contributed by atoms with van der Waals surface area (Å²) in [6, 6.07) is 0. The van der Waals surface area contributed by atoms with Crippen LogP contribution in [0, 0.1) is 5.92 Å². The van der Waals surface area contributed by atoms with Gasteiger partial charge in [0.2, 0.25) is 0 Å². The Hall–Kier alpha value is -0.365. The van der Waals surface area contributed by atoms with Crippen LogP contribution < -0.4 is 16.2 Å². The standard InChI is InChI=1S/C13H27BF2N4O4S/c1-11(17)9-20(5-10(11)3-2-4-14(21)22)25(23,24)19-8-12(18)6-13(15,16)7-12/h10,19,21-22H,2-9,17-18H2,1H3/t10-,11?/m0/s1. The molecule has 0 bridgehead atoms. The number of hydrogen-bond donors (Lipinski definition) is 5. The minimum Gasteiger partial charge on any atom is -0.427 e. The van der Waals surface area contributed by atoms with E-state index in [0.29, 0.717) is 12.8 Å². The van der Waals surface area contributed by atoms with Crippen molar-refractivity contribution in [3.63, 3.8) is 0 Å². The van der Waals surface area contributed by atoms with Gasteiger partial charge >= 0.3 is 7.12 Å². The van der Waals surface area contributed by atoms with Crippen molar-refractivity contribution in [2.24, 2.45) is 17.4 Å². The van der Waals surface area contributed by atoms with Crippen LogP contribution in [0.2, 0.25) is 6.32 Å². The fourth-order valence-corrected chi connectivity index (χ4v) is 5.09. The minimum absolute atomic E-state index is 0.0996. The van der Waals surface area contributed by atoms with E-state index < -0.39 is 47.2 Å². The summed E-state index contributed by atoms with van der Waals surface area (Å²) < 4.78 is 54.3. The second kappa shape index (κ2) is 6.99. The van der Waals surface area contributed by atoms with Gasteiger partial charge in [-0.25, -0.2) is 13.5 Å². The lowest BCUT2D eigenvalue weighted by atomic mass is 9.74. The van der Waals surface area contributed by atoms with Gasteiger partial charge in [-0.3, -0.25) is 0 Å². The predicted octanol–water partition coefficient (Wildman–Crippen LogP) is -1.15. The normalized spacial score (nSPS) is 31.7. The van der Waals surface area contributed by atoms with Crippen LogP contribution in [0.5, 0.6) is 0 Å². The van der Waals surface area contributed by atoms with Gasteiger partial charge < -0.3 is 21.5 Å². The molecule has 0 radical (unpaired) electrons. The fourth-order valence-electron chi connectivity index (χ4n) is 3.61. The first-order chi connectivity index (χ1) is 11.2. The van der Waals surface area contributed by atoms with E-state index in [2.05, 4.69) is 4.72 Å². The van der Waals surface area contributed by atoms with Crippen molar-refractivity contribution in [3.05, 3.63) is 0 Å². The van der Waals surface area contributed by atoms with Gasteiger partial charge in [0.15, 0.2) is 0 Å². The Bertz CT molecular complexity index is 583. The van der Waals surface area contributed by atoms with Crippen molar-refractivity contribution < 1.29 is 27.2 Å². The maximum atomic E-state index is 13.0. The predicted molar refractivity (Wildman–Crippen MR) is 89.9 cm³/mol. The van der Waals surface area contributed by atoms with Crippen LogP contribution >= 0.6 is 0 Å². The Kier molecular flexibility index (Phi) is 5.85. The van der Waals surface area contributed by atoms with Gasteiger partial charge in [-0.1, -0.05) is 6.42 Å². The first-order valence-electron chi connectivity index (χ1n) is 8.31. The van der Waals surface area contributed by atoms with Gasteiger partial charge in [-0.05, 0) is 25.6 Å². The molecule has 0 aromatic carbocycles. The Morgan fingerprint density at radius 3 is 2.44 bits per heavy atom. The van der Waals surface area contributed by atoms with E-state index in [9.17, 15) is 17.2 Å². The second-order valence-corrected chi connectivity index (χ2v) is 9.56. The molecule has 2 aliphatic rings. The van der Waals surface area contributed by atoms with Gasteiger partial charge in [0.25, 0.3) is 16.1 Å².